The first-order valence-electron chi connectivity index (χ1n) is 20.9. The van der Waals surface area contributed by atoms with Crippen molar-refractivity contribution in [3.05, 3.63) is 218 Å². The van der Waals surface area contributed by atoms with Crippen LogP contribution in [0.1, 0.15) is 0 Å². The van der Waals surface area contributed by atoms with Crippen LogP contribution in [0.25, 0.3) is 122 Å². The average molecular weight is 793 g/mol. The van der Waals surface area contributed by atoms with Crippen LogP contribution in [0.5, 0.6) is 0 Å². The monoisotopic (exact) mass is 792 g/mol. The summed E-state index contributed by atoms with van der Waals surface area (Å²) >= 11 is 0. The fraction of sp³-hybridized carbons (Fsp3) is 0. The molecule has 0 unspecified atom stereocenters. The third kappa shape index (κ3) is 6.16. The minimum atomic E-state index is 0.680. The van der Waals surface area contributed by atoms with E-state index in [9.17, 15) is 0 Å². The second-order valence-corrected chi connectivity index (χ2v) is 15.7. The molecule has 3 heterocycles. The van der Waals surface area contributed by atoms with Gasteiger partial charge in [-0.25, -0.2) is 9.97 Å². The quantitative estimate of drug-likeness (QED) is 0.161. The summed E-state index contributed by atoms with van der Waals surface area (Å²) < 4.78 is 13.0. The summed E-state index contributed by atoms with van der Waals surface area (Å²) in [5.74, 6) is 0.680. The molecule has 4 nitrogen and oxygen atoms in total. The normalized spacial score (nSPS) is 11.5. The molecule has 0 aliphatic rings. The molecule has 4 heteroatoms. The number of hydrogen-bond acceptors (Lipinski definition) is 4. The average Bonchev–Trinajstić information content (AvgIpc) is 3.94. The Morgan fingerprint density at radius 1 is 0.274 bits per heavy atom. The van der Waals surface area contributed by atoms with E-state index in [2.05, 4.69) is 164 Å². The number of nitrogens with zero attached hydrogens (tertiary/aromatic N) is 2. The second-order valence-electron chi connectivity index (χ2n) is 15.7. The van der Waals surface area contributed by atoms with Gasteiger partial charge in [-0.1, -0.05) is 188 Å². The molecule has 0 saturated carbocycles. The van der Waals surface area contributed by atoms with Crippen molar-refractivity contribution in [1.82, 2.24) is 9.97 Å². The van der Waals surface area contributed by atoms with Crippen molar-refractivity contribution < 1.29 is 8.83 Å². The molecule has 290 valence electrons. The van der Waals surface area contributed by atoms with Crippen LogP contribution < -0.4 is 0 Å². The first-order chi connectivity index (χ1) is 30.7. The largest absolute Gasteiger partial charge is 0.456 e. The molecule has 12 aromatic rings. The minimum Gasteiger partial charge on any atom is -0.456 e. The lowest BCUT2D eigenvalue weighted by Crippen LogP contribution is -1.96. The number of para-hydroxylation sites is 2. The SMILES string of the molecule is c1ccc(-c2ccc(-c3ccc(-c4nc(-c5ccccc5)cc(-c5ccc(-c6ccc(-c7cccc8oc9ccccc9c78)c7oc8ccccc8c67)cc5)n4)cc3)cc2)cc1. The fourth-order valence-corrected chi connectivity index (χ4v) is 8.88. The lowest BCUT2D eigenvalue weighted by Gasteiger charge is -2.12. The van der Waals surface area contributed by atoms with Crippen LogP contribution in [0.2, 0.25) is 0 Å². The Balaban J connectivity index is 0.924. The Labute approximate surface area is 358 Å². The summed E-state index contributed by atoms with van der Waals surface area (Å²) in [5, 5.41) is 4.34. The number of aromatic nitrogens is 2. The molecule has 0 aliphatic heterocycles. The Morgan fingerprint density at radius 3 is 1.37 bits per heavy atom. The van der Waals surface area contributed by atoms with E-state index in [4.69, 9.17) is 18.8 Å². The highest BCUT2D eigenvalue weighted by Gasteiger charge is 2.21. The zero-order chi connectivity index (χ0) is 41.0. The minimum absolute atomic E-state index is 0.680. The number of rotatable bonds is 7. The predicted octanol–water partition coefficient (Wildman–Crippen LogP) is 15.9. The van der Waals surface area contributed by atoms with Crippen molar-refractivity contribution in [3.63, 3.8) is 0 Å². The van der Waals surface area contributed by atoms with Crippen LogP contribution in [-0.2, 0) is 0 Å². The van der Waals surface area contributed by atoms with Crippen LogP contribution >= 0.6 is 0 Å². The van der Waals surface area contributed by atoms with Crippen LogP contribution in [-0.4, -0.2) is 9.97 Å². The van der Waals surface area contributed by atoms with Crippen LogP contribution in [0.3, 0.4) is 0 Å². The van der Waals surface area contributed by atoms with Gasteiger partial charge in [0.25, 0.3) is 0 Å². The smallest absolute Gasteiger partial charge is 0.160 e. The van der Waals surface area contributed by atoms with Gasteiger partial charge in [-0.2, -0.15) is 0 Å². The lowest BCUT2D eigenvalue weighted by molar-refractivity contribution is 0.668. The van der Waals surface area contributed by atoms with Gasteiger partial charge in [0.05, 0.1) is 11.4 Å². The molecule has 3 aromatic heterocycles. The van der Waals surface area contributed by atoms with E-state index >= 15 is 0 Å². The molecule has 0 radical (unpaired) electrons. The first-order valence-corrected chi connectivity index (χ1v) is 20.9. The molecule has 62 heavy (non-hydrogen) atoms. The van der Waals surface area contributed by atoms with E-state index < -0.39 is 0 Å². The third-order valence-electron chi connectivity index (χ3n) is 12.0. The summed E-state index contributed by atoms with van der Waals surface area (Å²) in [7, 11) is 0. The Hall–Kier alpha value is -8.34. The number of benzene rings is 9. The highest BCUT2D eigenvalue weighted by atomic mass is 16.3. The van der Waals surface area contributed by atoms with Crippen molar-refractivity contribution in [1.29, 1.82) is 0 Å². The standard InChI is InChI=1S/C58H36N2O2/c1-3-12-37(13-4-1)38-22-24-39(25-23-38)40-26-32-44(33-27-40)58-59-50(42-14-5-2-6-15-42)36-51(60-58)43-30-28-41(29-31-43)45-34-35-47(57-56(45)49-17-8-10-20-53(49)62-57)46-18-11-21-54-55(46)48-16-7-9-19-52(48)61-54/h1-36H. The van der Waals surface area contributed by atoms with E-state index in [-0.39, 0.29) is 0 Å². The molecule has 0 amide bonds. The summed E-state index contributed by atoms with van der Waals surface area (Å²) in [6, 6.07) is 76.1. The first kappa shape index (κ1) is 35.6. The van der Waals surface area contributed by atoms with E-state index in [1.165, 1.54) is 11.1 Å². The fourth-order valence-electron chi connectivity index (χ4n) is 8.88. The van der Waals surface area contributed by atoms with Gasteiger partial charge in [0.1, 0.15) is 22.3 Å². The molecular formula is C58H36N2O2. The van der Waals surface area contributed by atoms with E-state index in [0.29, 0.717) is 5.82 Å². The highest BCUT2D eigenvalue weighted by Crippen LogP contribution is 2.45. The number of hydrogen-bond donors (Lipinski definition) is 0. The van der Waals surface area contributed by atoms with E-state index in [1.807, 2.05) is 54.6 Å². The number of furan rings is 2. The van der Waals surface area contributed by atoms with Crippen LogP contribution in [0.4, 0.5) is 0 Å². The van der Waals surface area contributed by atoms with Crippen LogP contribution in [0.15, 0.2) is 227 Å². The summed E-state index contributed by atoms with van der Waals surface area (Å²) in [5.41, 5.74) is 17.2. The molecule has 12 rings (SSSR count). The van der Waals surface area contributed by atoms with Gasteiger partial charge in [-0.15, -0.1) is 0 Å². The molecule has 0 bridgehead atoms. The molecule has 0 spiro atoms. The maximum absolute atomic E-state index is 6.75. The van der Waals surface area contributed by atoms with Gasteiger partial charge in [-0.3, -0.25) is 0 Å². The Morgan fingerprint density at radius 2 is 0.726 bits per heavy atom. The van der Waals surface area contributed by atoms with E-state index in [0.717, 1.165) is 105 Å². The van der Waals surface area contributed by atoms with Crippen molar-refractivity contribution in [2.45, 2.75) is 0 Å². The maximum atomic E-state index is 6.75. The van der Waals surface area contributed by atoms with Crippen molar-refractivity contribution >= 4 is 43.9 Å². The van der Waals surface area contributed by atoms with Gasteiger partial charge in [0, 0.05) is 43.8 Å². The topological polar surface area (TPSA) is 52.1 Å². The van der Waals surface area contributed by atoms with Crippen LogP contribution in [0, 0.1) is 0 Å². The Bertz CT molecular complexity index is 3590. The van der Waals surface area contributed by atoms with E-state index in [1.54, 1.807) is 0 Å². The van der Waals surface area contributed by atoms with Gasteiger partial charge in [0.15, 0.2) is 5.82 Å². The maximum Gasteiger partial charge on any atom is 0.160 e. The summed E-state index contributed by atoms with van der Waals surface area (Å²) in [6.07, 6.45) is 0. The van der Waals surface area contributed by atoms with Gasteiger partial charge >= 0.3 is 0 Å². The molecule has 0 aliphatic carbocycles. The molecule has 0 fully saturated rings. The third-order valence-corrected chi connectivity index (χ3v) is 12.0. The summed E-state index contributed by atoms with van der Waals surface area (Å²) in [6.45, 7) is 0. The second kappa shape index (κ2) is 14.7. The highest BCUT2D eigenvalue weighted by molar-refractivity contribution is 6.20. The Kier molecular flexibility index (Phi) is 8.46. The van der Waals surface area contributed by atoms with Crippen molar-refractivity contribution in [2.75, 3.05) is 0 Å². The zero-order valence-electron chi connectivity index (χ0n) is 33.5. The molecule has 0 saturated heterocycles. The van der Waals surface area contributed by atoms with Gasteiger partial charge in [0.2, 0.25) is 0 Å². The van der Waals surface area contributed by atoms with Crippen molar-refractivity contribution in [2.24, 2.45) is 0 Å². The molecular weight excluding hydrogens is 757 g/mol. The van der Waals surface area contributed by atoms with Gasteiger partial charge in [-0.05, 0) is 69.3 Å². The predicted molar refractivity (Wildman–Crippen MR) is 255 cm³/mol. The molecule has 9 aromatic carbocycles. The number of fused-ring (bicyclic) bond motifs is 6. The van der Waals surface area contributed by atoms with Gasteiger partial charge < -0.3 is 8.83 Å². The van der Waals surface area contributed by atoms with Crippen molar-refractivity contribution in [3.8, 4) is 78.4 Å². The molecule has 0 N–H and O–H groups in total. The lowest BCUT2D eigenvalue weighted by atomic mass is 9.92. The molecule has 0 atom stereocenters. The zero-order valence-corrected chi connectivity index (χ0v) is 33.5. The summed E-state index contributed by atoms with van der Waals surface area (Å²) in [4.78, 5) is 10.3.